The molecule has 3 aromatic rings. The van der Waals surface area contributed by atoms with Crippen molar-refractivity contribution in [3.63, 3.8) is 0 Å². The number of ether oxygens (including phenoxy) is 2. The normalized spacial score (nSPS) is 18.2. The van der Waals surface area contributed by atoms with Gasteiger partial charge in [0.05, 0.1) is 19.7 Å². The Balaban J connectivity index is 1.43. The Morgan fingerprint density at radius 3 is 2.37 bits per heavy atom. The number of rotatable bonds is 6. The number of benzene rings is 1. The van der Waals surface area contributed by atoms with Gasteiger partial charge in [-0.05, 0) is 49.9 Å². The average molecular weight is 510 g/mol. The van der Waals surface area contributed by atoms with Crippen LogP contribution in [-0.2, 0) is 6.18 Å². The molecule has 1 aliphatic rings. The number of nitrogens with zero attached hydrogens (tertiary/aromatic N) is 3. The smallest absolute Gasteiger partial charge is 0.433 e. The fourth-order valence-corrected chi connectivity index (χ4v) is 4.21. The van der Waals surface area contributed by atoms with Gasteiger partial charge in [-0.1, -0.05) is 11.6 Å². The molecule has 1 saturated carbocycles. The summed E-state index contributed by atoms with van der Waals surface area (Å²) in [6.07, 6.45) is -2.00. The first-order chi connectivity index (χ1) is 16.7. The van der Waals surface area contributed by atoms with Crippen LogP contribution in [0.2, 0.25) is 5.02 Å². The Kier molecular flexibility index (Phi) is 7.15. The van der Waals surface area contributed by atoms with E-state index in [0.717, 1.165) is 6.07 Å². The van der Waals surface area contributed by atoms with Gasteiger partial charge in [0.15, 0.2) is 0 Å². The van der Waals surface area contributed by atoms with Crippen LogP contribution >= 0.6 is 11.6 Å². The summed E-state index contributed by atoms with van der Waals surface area (Å²) in [5.41, 5.74) is -0.305. The highest BCUT2D eigenvalue weighted by Gasteiger charge is 2.34. The molecule has 1 aliphatic carbocycles. The molecule has 0 unspecified atom stereocenters. The Hall–Kier alpha value is -3.34. The average Bonchev–Trinajstić information content (AvgIpc) is 2.84. The number of aromatic nitrogens is 3. The molecule has 0 atom stereocenters. The second-order valence-electron chi connectivity index (χ2n) is 8.16. The largest absolute Gasteiger partial charge is 0.481 e. The van der Waals surface area contributed by atoms with Crippen molar-refractivity contribution in [1.82, 2.24) is 20.3 Å². The first-order valence-electron chi connectivity index (χ1n) is 10.9. The maximum Gasteiger partial charge on any atom is 0.433 e. The zero-order valence-electron chi connectivity index (χ0n) is 18.9. The van der Waals surface area contributed by atoms with Crippen molar-refractivity contribution < 1.29 is 27.4 Å². The van der Waals surface area contributed by atoms with Crippen molar-refractivity contribution in [1.29, 1.82) is 0 Å². The van der Waals surface area contributed by atoms with Gasteiger partial charge in [0.2, 0.25) is 5.88 Å². The van der Waals surface area contributed by atoms with Crippen molar-refractivity contribution in [3.05, 3.63) is 46.7 Å². The molecule has 4 rings (SSSR count). The van der Waals surface area contributed by atoms with Gasteiger partial charge in [0, 0.05) is 34.2 Å². The fourth-order valence-electron chi connectivity index (χ4n) is 4.04. The van der Waals surface area contributed by atoms with Gasteiger partial charge in [0.1, 0.15) is 11.4 Å². The molecular weight excluding hydrogens is 487 g/mol. The van der Waals surface area contributed by atoms with Gasteiger partial charge in [-0.25, -0.2) is 4.98 Å². The zero-order chi connectivity index (χ0) is 25.2. The fraction of sp³-hybridized carbons (Fsp3) is 0.391. The van der Waals surface area contributed by atoms with Crippen LogP contribution in [0.4, 0.5) is 18.9 Å². The summed E-state index contributed by atoms with van der Waals surface area (Å²) in [6.45, 7) is 0. The molecule has 0 bridgehead atoms. The minimum Gasteiger partial charge on any atom is -0.481 e. The monoisotopic (exact) mass is 509 g/mol. The number of fused-ring (bicyclic) bond motifs is 1. The molecule has 1 aromatic carbocycles. The van der Waals surface area contributed by atoms with Crippen molar-refractivity contribution in [2.24, 2.45) is 0 Å². The van der Waals surface area contributed by atoms with E-state index in [0.29, 0.717) is 41.8 Å². The predicted octanol–water partition coefficient (Wildman–Crippen LogP) is 4.87. The summed E-state index contributed by atoms with van der Waals surface area (Å²) in [7, 11) is 2.82. The molecule has 12 heteroatoms. The highest BCUT2D eigenvalue weighted by atomic mass is 35.5. The highest BCUT2D eigenvalue weighted by Crippen LogP contribution is 2.35. The standard InChI is InChI=1S/C23H23ClF3N5O3/c1-34-20-11-18(31-22(32-20)35-2)21(33)29-14-6-4-13(5-7-14)28-17-10-19(23(25,26)27)30-16-8-3-12(24)9-15(16)17/h3,8-11,13-14H,4-7H2,1-2H3,(H,28,30)(H,29,33)/t13-,14+. The maximum atomic E-state index is 13.4. The van der Waals surface area contributed by atoms with E-state index in [1.54, 1.807) is 6.07 Å². The number of carbonyl (C=O) groups excluding carboxylic acids is 1. The van der Waals surface area contributed by atoms with Crippen LogP contribution < -0.4 is 20.1 Å². The van der Waals surface area contributed by atoms with Crippen molar-refractivity contribution in [2.45, 2.75) is 43.9 Å². The van der Waals surface area contributed by atoms with Gasteiger partial charge in [-0.2, -0.15) is 23.1 Å². The highest BCUT2D eigenvalue weighted by molar-refractivity contribution is 6.31. The van der Waals surface area contributed by atoms with Crippen LogP contribution in [0.25, 0.3) is 10.9 Å². The number of nitrogens with one attached hydrogen (secondary N) is 2. The van der Waals surface area contributed by atoms with Gasteiger partial charge in [0.25, 0.3) is 5.91 Å². The minimum absolute atomic E-state index is 0.0188. The van der Waals surface area contributed by atoms with Gasteiger partial charge in [-0.15, -0.1) is 0 Å². The van der Waals surface area contributed by atoms with Crippen molar-refractivity contribution in [3.8, 4) is 11.9 Å². The molecule has 186 valence electrons. The second kappa shape index (κ2) is 10.1. The SMILES string of the molecule is COc1cc(C(=O)N[C@H]2CC[C@@H](Nc3cc(C(F)(F)F)nc4ccc(Cl)cc34)CC2)nc(OC)n1. The topological polar surface area (TPSA) is 98.3 Å². The number of hydrogen-bond acceptors (Lipinski definition) is 7. The van der Waals surface area contributed by atoms with Gasteiger partial charge < -0.3 is 20.1 Å². The zero-order valence-corrected chi connectivity index (χ0v) is 19.7. The number of carbonyl (C=O) groups is 1. The number of anilines is 1. The van der Waals surface area contributed by atoms with Crippen LogP contribution in [0.5, 0.6) is 11.9 Å². The van der Waals surface area contributed by atoms with Crippen LogP contribution in [0.3, 0.4) is 0 Å². The summed E-state index contributed by atoms with van der Waals surface area (Å²) in [5, 5.41) is 7.11. The van der Waals surface area contributed by atoms with E-state index < -0.39 is 11.9 Å². The number of amides is 1. The van der Waals surface area contributed by atoms with Gasteiger partial charge in [-0.3, -0.25) is 4.79 Å². The van der Waals surface area contributed by atoms with E-state index in [9.17, 15) is 18.0 Å². The molecule has 0 saturated heterocycles. The number of halogens is 4. The molecule has 35 heavy (non-hydrogen) atoms. The maximum absolute atomic E-state index is 13.4. The molecule has 0 spiro atoms. The van der Waals surface area contributed by atoms with Crippen molar-refractivity contribution in [2.75, 3.05) is 19.5 Å². The lowest BCUT2D eigenvalue weighted by atomic mass is 9.90. The number of alkyl halides is 3. The molecular formula is C23H23ClF3N5O3. The first-order valence-corrected chi connectivity index (χ1v) is 11.3. The Bertz CT molecular complexity index is 1210. The minimum atomic E-state index is -4.57. The molecule has 8 nitrogen and oxygen atoms in total. The van der Waals surface area contributed by atoms with Crippen molar-refractivity contribution >= 4 is 34.1 Å². The molecule has 0 radical (unpaired) electrons. The van der Waals surface area contributed by atoms with E-state index in [-0.39, 0.29) is 41.1 Å². The Morgan fingerprint density at radius 2 is 1.71 bits per heavy atom. The number of hydrogen-bond donors (Lipinski definition) is 2. The lowest BCUT2D eigenvalue weighted by Gasteiger charge is -2.30. The third-order valence-corrected chi connectivity index (χ3v) is 6.02. The second-order valence-corrected chi connectivity index (χ2v) is 8.60. The number of methoxy groups -OCH3 is 2. The van der Waals surface area contributed by atoms with Crippen LogP contribution in [0.15, 0.2) is 30.3 Å². The summed E-state index contributed by atoms with van der Waals surface area (Å²) in [4.78, 5) is 24.4. The summed E-state index contributed by atoms with van der Waals surface area (Å²) < 4.78 is 50.2. The molecule has 2 N–H and O–H groups in total. The summed E-state index contributed by atoms with van der Waals surface area (Å²) >= 11 is 6.08. The van der Waals surface area contributed by atoms with Crippen LogP contribution in [-0.4, -0.2) is 47.2 Å². The lowest BCUT2D eigenvalue weighted by molar-refractivity contribution is -0.140. The first kappa shape index (κ1) is 24.8. The van der Waals surface area contributed by atoms with E-state index in [2.05, 4.69) is 25.6 Å². The summed E-state index contributed by atoms with van der Waals surface area (Å²) in [5.74, 6) is -0.178. The summed E-state index contributed by atoms with van der Waals surface area (Å²) in [6, 6.07) is 6.85. The van der Waals surface area contributed by atoms with Crippen LogP contribution in [0.1, 0.15) is 41.9 Å². The predicted molar refractivity (Wildman–Crippen MR) is 124 cm³/mol. The van der Waals surface area contributed by atoms with Gasteiger partial charge >= 0.3 is 12.2 Å². The number of pyridine rings is 1. The van der Waals surface area contributed by atoms with E-state index in [1.165, 1.54) is 32.4 Å². The quantitative estimate of drug-likeness (QED) is 0.489. The molecule has 2 aromatic heterocycles. The van der Waals surface area contributed by atoms with E-state index in [1.807, 2.05) is 0 Å². The molecule has 0 aliphatic heterocycles. The van der Waals surface area contributed by atoms with Crippen LogP contribution in [0, 0.1) is 0 Å². The third kappa shape index (κ3) is 5.84. The third-order valence-electron chi connectivity index (χ3n) is 5.79. The lowest BCUT2D eigenvalue weighted by Crippen LogP contribution is -2.40. The van der Waals surface area contributed by atoms with E-state index >= 15 is 0 Å². The molecule has 2 heterocycles. The molecule has 1 fully saturated rings. The molecule has 1 amide bonds. The Morgan fingerprint density at radius 1 is 1.00 bits per heavy atom. The Labute approximate surface area is 204 Å². The van der Waals surface area contributed by atoms with E-state index in [4.69, 9.17) is 21.1 Å².